The van der Waals surface area contributed by atoms with Gasteiger partial charge in [-0.05, 0) is 20.4 Å². The fraction of sp³-hybridized carbons (Fsp3) is 0.769. The second kappa shape index (κ2) is 5.65. The second-order valence-electron chi connectivity index (χ2n) is 5.05. The Morgan fingerprint density at radius 3 is 3.00 bits per heavy atom. The molecule has 0 saturated carbocycles. The van der Waals surface area contributed by atoms with Crippen LogP contribution in [0.25, 0.3) is 0 Å². The molecule has 1 atom stereocenters. The first-order valence-electron chi connectivity index (χ1n) is 6.66. The zero-order valence-electron chi connectivity index (χ0n) is 11.2. The Hall–Kier alpha value is -0.870. The van der Waals surface area contributed by atoms with Gasteiger partial charge in [-0.2, -0.15) is 0 Å². The van der Waals surface area contributed by atoms with Gasteiger partial charge in [-0.15, -0.1) is 0 Å². The lowest BCUT2D eigenvalue weighted by molar-refractivity contribution is 0.197. The summed E-state index contributed by atoms with van der Waals surface area (Å²) in [4.78, 5) is 10.6. The van der Waals surface area contributed by atoms with E-state index in [1.807, 2.05) is 0 Å². The molecule has 0 spiro atoms. The second-order valence-corrected chi connectivity index (χ2v) is 5.05. The van der Waals surface area contributed by atoms with E-state index in [1.165, 1.54) is 11.4 Å². The average molecular weight is 236 g/mol. The molecular weight excluding hydrogens is 212 g/mol. The topological polar surface area (TPSA) is 44.0 Å². The lowest BCUT2D eigenvalue weighted by Crippen LogP contribution is -2.50. The number of nitrogens with one attached hydrogen (secondary N) is 2. The molecule has 1 fully saturated rings. The number of aromatic amines is 1. The summed E-state index contributed by atoms with van der Waals surface area (Å²) in [6, 6.07) is 0.573. The lowest BCUT2D eigenvalue weighted by Gasteiger charge is -2.32. The molecule has 1 unspecified atom stereocenters. The van der Waals surface area contributed by atoms with Crippen LogP contribution in [0.3, 0.4) is 0 Å². The van der Waals surface area contributed by atoms with Crippen molar-refractivity contribution in [1.82, 2.24) is 20.2 Å². The van der Waals surface area contributed by atoms with Gasteiger partial charge in [0.25, 0.3) is 0 Å². The minimum absolute atomic E-state index is 0.573. The van der Waals surface area contributed by atoms with Crippen molar-refractivity contribution in [2.45, 2.75) is 39.2 Å². The Morgan fingerprint density at radius 1 is 1.47 bits per heavy atom. The highest BCUT2D eigenvalue weighted by Crippen LogP contribution is 2.11. The molecule has 0 aromatic carbocycles. The van der Waals surface area contributed by atoms with Crippen LogP contribution < -0.4 is 5.32 Å². The highest BCUT2D eigenvalue weighted by Gasteiger charge is 2.20. The van der Waals surface area contributed by atoms with E-state index in [1.54, 1.807) is 0 Å². The van der Waals surface area contributed by atoms with Crippen molar-refractivity contribution in [1.29, 1.82) is 0 Å². The van der Waals surface area contributed by atoms with Crippen molar-refractivity contribution >= 4 is 0 Å². The third kappa shape index (κ3) is 3.07. The number of likely N-dealkylation sites (N-methyl/N-ethyl adjacent to an activating group) is 1. The molecule has 1 saturated heterocycles. The number of piperazine rings is 1. The van der Waals surface area contributed by atoms with Gasteiger partial charge in [-0.1, -0.05) is 13.3 Å². The molecule has 2 N–H and O–H groups in total. The van der Waals surface area contributed by atoms with Crippen molar-refractivity contribution in [2.75, 3.05) is 26.7 Å². The zero-order valence-corrected chi connectivity index (χ0v) is 11.2. The van der Waals surface area contributed by atoms with Crippen LogP contribution in [-0.2, 0) is 12.8 Å². The van der Waals surface area contributed by atoms with Crippen LogP contribution in [0.4, 0.5) is 0 Å². The van der Waals surface area contributed by atoms with Gasteiger partial charge >= 0.3 is 0 Å². The number of aromatic nitrogens is 2. The number of nitrogens with zero attached hydrogens (tertiary/aromatic N) is 2. The maximum Gasteiger partial charge on any atom is 0.108 e. The SMILES string of the molecule is CCCc1nc(CC2CNCCN2C)[nH]c1C. The Morgan fingerprint density at radius 2 is 2.29 bits per heavy atom. The molecule has 0 radical (unpaired) electrons. The largest absolute Gasteiger partial charge is 0.346 e. The van der Waals surface area contributed by atoms with E-state index in [9.17, 15) is 0 Å². The fourth-order valence-electron chi connectivity index (χ4n) is 2.45. The molecule has 96 valence electrons. The normalized spacial score (nSPS) is 21.9. The van der Waals surface area contributed by atoms with Crippen molar-refractivity contribution in [3.05, 3.63) is 17.2 Å². The van der Waals surface area contributed by atoms with E-state index in [-0.39, 0.29) is 0 Å². The molecule has 0 amide bonds. The molecule has 0 aliphatic carbocycles. The summed E-state index contributed by atoms with van der Waals surface area (Å²) in [5.74, 6) is 1.14. The lowest BCUT2D eigenvalue weighted by atomic mass is 10.1. The first-order valence-corrected chi connectivity index (χ1v) is 6.66. The van der Waals surface area contributed by atoms with Gasteiger partial charge in [0, 0.05) is 37.8 Å². The Balaban J connectivity index is 2.00. The van der Waals surface area contributed by atoms with Crippen molar-refractivity contribution < 1.29 is 0 Å². The van der Waals surface area contributed by atoms with E-state index >= 15 is 0 Å². The molecule has 4 nitrogen and oxygen atoms in total. The third-order valence-electron chi connectivity index (χ3n) is 3.59. The summed E-state index contributed by atoms with van der Waals surface area (Å²) in [6.45, 7) is 7.63. The van der Waals surface area contributed by atoms with E-state index in [0.29, 0.717) is 6.04 Å². The maximum atomic E-state index is 4.72. The van der Waals surface area contributed by atoms with Crippen LogP contribution in [0, 0.1) is 6.92 Å². The van der Waals surface area contributed by atoms with E-state index in [4.69, 9.17) is 4.98 Å². The number of hydrogen-bond donors (Lipinski definition) is 2. The molecule has 4 heteroatoms. The molecular formula is C13H24N4. The molecule has 2 rings (SSSR count). The van der Waals surface area contributed by atoms with Crippen LogP contribution in [0.5, 0.6) is 0 Å². The number of H-pyrrole nitrogens is 1. The van der Waals surface area contributed by atoms with Gasteiger partial charge in [-0.3, -0.25) is 0 Å². The molecule has 1 aromatic heterocycles. The van der Waals surface area contributed by atoms with Crippen molar-refractivity contribution in [2.24, 2.45) is 0 Å². The maximum absolute atomic E-state index is 4.72. The zero-order chi connectivity index (χ0) is 12.3. The van der Waals surface area contributed by atoms with Gasteiger partial charge in [-0.25, -0.2) is 4.98 Å². The minimum atomic E-state index is 0.573. The van der Waals surface area contributed by atoms with E-state index < -0.39 is 0 Å². The Kier molecular flexibility index (Phi) is 4.18. The standard InChI is InChI=1S/C13H24N4/c1-4-5-12-10(2)15-13(16-12)8-11-9-14-6-7-17(11)3/h11,14H,4-9H2,1-3H3,(H,15,16). The minimum Gasteiger partial charge on any atom is -0.346 e. The van der Waals surface area contributed by atoms with Gasteiger partial charge in [0.15, 0.2) is 0 Å². The number of imidazole rings is 1. The molecule has 17 heavy (non-hydrogen) atoms. The monoisotopic (exact) mass is 236 g/mol. The van der Waals surface area contributed by atoms with Crippen LogP contribution in [-0.4, -0.2) is 47.6 Å². The van der Waals surface area contributed by atoms with Crippen LogP contribution in [0.2, 0.25) is 0 Å². The Bertz CT molecular complexity index is 358. The van der Waals surface area contributed by atoms with Crippen molar-refractivity contribution in [3.8, 4) is 0 Å². The summed E-state index contributed by atoms with van der Waals surface area (Å²) < 4.78 is 0. The van der Waals surface area contributed by atoms with Crippen LogP contribution in [0.15, 0.2) is 0 Å². The molecule has 1 aliphatic rings. The van der Waals surface area contributed by atoms with Gasteiger partial charge < -0.3 is 15.2 Å². The van der Waals surface area contributed by atoms with E-state index in [0.717, 1.165) is 44.7 Å². The van der Waals surface area contributed by atoms with Gasteiger partial charge in [0.05, 0.1) is 5.69 Å². The molecule has 0 bridgehead atoms. The summed E-state index contributed by atoms with van der Waals surface area (Å²) >= 11 is 0. The Labute approximate surface area is 104 Å². The van der Waals surface area contributed by atoms with Crippen LogP contribution >= 0.6 is 0 Å². The van der Waals surface area contributed by atoms with Crippen molar-refractivity contribution in [3.63, 3.8) is 0 Å². The van der Waals surface area contributed by atoms with E-state index in [2.05, 4.69) is 36.1 Å². The predicted octanol–water partition coefficient (Wildman–Crippen LogP) is 1.12. The first kappa shape index (κ1) is 12.6. The number of hydrogen-bond acceptors (Lipinski definition) is 3. The quantitative estimate of drug-likeness (QED) is 0.823. The smallest absolute Gasteiger partial charge is 0.108 e. The summed E-state index contributed by atoms with van der Waals surface area (Å²) in [5.41, 5.74) is 2.49. The summed E-state index contributed by atoms with van der Waals surface area (Å²) in [5, 5.41) is 3.45. The molecule has 1 aliphatic heterocycles. The fourth-order valence-corrected chi connectivity index (χ4v) is 2.45. The highest BCUT2D eigenvalue weighted by atomic mass is 15.2. The van der Waals surface area contributed by atoms with Crippen LogP contribution in [0.1, 0.15) is 30.6 Å². The molecule has 1 aromatic rings. The van der Waals surface area contributed by atoms with Gasteiger partial charge in [0.1, 0.15) is 5.82 Å². The summed E-state index contributed by atoms with van der Waals surface area (Å²) in [6.07, 6.45) is 3.27. The van der Waals surface area contributed by atoms with Gasteiger partial charge in [0.2, 0.25) is 0 Å². The first-order chi connectivity index (χ1) is 8.20. The summed E-state index contributed by atoms with van der Waals surface area (Å²) in [7, 11) is 2.20. The number of rotatable bonds is 4. The third-order valence-corrected chi connectivity index (χ3v) is 3.59. The number of aryl methyl sites for hydroxylation is 2. The average Bonchev–Trinajstić information content (AvgIpc) is 2.63. The highest BCUT2D eigenvalue weighted by molar-refractivity contribution is 5.14. The molecule has 2 heterocycles. The predicted molar refractivity (Wildman–Crippen MR) is 70.3 cm³/mol.